The molecule has 0 bridgehead atoms. The number of carboxylic acids is 1. The first kappa shape index (κ1) is 18.4. The van der Waals surface area contributed by atoms with Crippen LogP contribution in [0.2, 0.25) is 0 Å². The van der Waals surface area contributed by atoms with Gasteiger partial charge in [0.15, 0.2) is 0 Å². The van der Waals surface area contributed by atoms with E-state index in [9.17, 15) is 4.79 Å². The minimum Gasteiger partial charge on any atom is -0.481 e. The molecule has 0 aliphatic carbocycles. The van der Waals surface area contributed by atoms with Crippen LogP contribution in [0.1, 0.15) is 90.4 Å². The highest BCUT2D eigenvalue weighted by Gasteiger charge is 1.97. The van der Waals surface area contributed by atoms with E-state index in [0.29, 0.717) is 6.42 Å². The van der Waals surface area contributed by atoms with E-state index in [1.54, 1.807) is 0 Å². The van der Waals surface area contributed by atoms with E-state index in [0.717, 1.165) is 25.7 Å². The van der Waals surface area contributed by atoms with Crippen LogP contribution in [0.15, 0.2) is 0 Å². The van der Waals surface area contributed by atoms with Crippen molar-refractivity contribution in [1.29, 1.82) is 0 Å². The number of aliphatic carboxylic acids is 1. The molecule has 0 aliphatic heterocycles. The van der Waals surface area contributed by atoms with E-state index >= 15 is 0 Å². The number of aliphatic hydroxyl groups excluding tert-OH is 1. The molecule has 0 spiro atoms. The second kappa shape index (κ2) is 13.9. The number of unbranched alkanes of at least 4 members (excludes halogenated alkanes) is 10. The van der Waals surface area contributed by atoms with Gasteiger partial charge in [-0.3, -0.25) is 4.79 Å². The van der Waals surface area contributed by atoms with Gasteiger partial charge in [-0.2, -0.15) is 0 Å². The van der Waals surface area contributed by atoms with Crippen LogP contribution < -0.4 is 0 Å². The minimum absolute atomic E-state index is 0.138. The number of aliphatic hydroxyl groups is 1. The van der Waals surface area contributed by atoms with E-state index in [2.05, 4.69) is 0 Å². The van der Waals surface area contributed by atoms with E-state index in [4.69, 9.17) is 10.2 Å². The first-order chi connectivity index (χ1) is 9.13. The predicted octanol–water partition coefficient (Wildman–Crippen LogP) is 4.52. The molecule has 0 aromatic heterocycles. The molecule has 0 rings (SSSR count). The lowest BCUT2D eigenvalue weighted by Gasteiger charge is -2.04. The van der Waals surface area contributed by atoms with Crippen LogP contribution in [0.4, 0.5) is 0 Å². The predicted molar refractivity (Wildman–Crippen MR) is 79.3 cm³/mol. The van der Waals surface area contributed by atoms with E-state index in [-0.39, 0.29) is 6.10 Å². The summed E-state index contributed by atoms with van der Waals surface area (Å²) in [5.41, 5.74) is 0. The van der Waals surface area contributed by atoms with Gasteiger partial charge in [0.25, 0.3) is 0 Å². The molecule has 2 N–H and O–H groups in total. The summed E-state index contributed by atoms with van der Waals surface area (Å²) in [5.74, 6) is -0.671. The molecule has 0 amide bonds. The Morgan fingerprint density at radius 1 is 0.789 bits per heavy atom. The Bertz CT molecular complexity index is 202. The van der Waals surface area contributed by atoms with Crippen LogP contribution in [-0.4, -0.2) is 22.3 Å². The Morgan fingerprint density at radius 2 is 1.16 bits per heavy atom. The first-order valence-corrected chi connectivity index (χ1v) is 8.03. The number of carbonyl (C=O) groups is 1. The second-order valence-corrected chi connectivity index (χ2v) is 5.67. The molecule has 114 valence electrons. The van der Waals surface area contributed by atoms with Gasteiger partial charge in [-0.1, -0.05) is 64.2 Å². The summed E-state index contributed by atoms with van der Waals surface area (Å²) in [6, 6.07) is 0. The van der Waals surface area contributed by atoms with Crippen molar-refractivity contribution in [3.05, 3.63) is 0 Å². The van der Waals surface area contributed by atoms with Crippen molar-refractivity contribution < 1.29 is 15.0 Å². The van der Waals surface area contributed by atoms with Gasteiger partial charge in [0.05, 0.1) is 6.10 Å². The Morgan fingerprint density at radius 3 is 1.53 bits per heavy atom. The summed E-state index contributed by atoms with van der Waals surface area (Å²) in [5, 5.41) is 17.6. The smallest absolute Gasteiger partial charge is 0.303 e. The second-order valence-electron chi connectivity index (χ2n) is 5.67. The van der Waals surface area contributed by atoms with Gasteiger partial charge in [-0.25, -0.2) is 0 Å². The molecule has 0 aliphatic rings. The lowest BCUT2D eigenvalue weighted by atomic mass is 10.0. The monoisotopic (exact) mass is 272 g/mol. The summed E-state index contributed by atoms with van der Waals surface area (Å²) in [6.45, 7) is 1.86. The zero-order valence-electron chi connectivity index (χ0n) is 12.6. The molecule has 1 atom stereocenters. The van der Waals surface area contributed by atoms with Gasteiger partial charge in [0.1, 0.15) is 0 Å². The Kier molecular flexibility index (Phi) is 13.4. The van der Waals surface area contributed by atoms with Crippen molar-refractivity contribution >= 4 is 5.97 Å². The van der Waals surface area contributed by atoms with Gasteiger partial charge in [-0.05, 0) is 19.8 Å². The molecular weight excluding hydrogens is 240 g/mol. The lowest BCUT2D eigenvalue weighted by Crippen LogP contribution is -1.98. The van der Waals surface area contributed by atoms with Gasteiger partial charge in [-0.15, -0.1) is 0 Å². The fourth-order valence-electron chi connectivity index (χ4n) is 2.31. The summed E-state index contributed by atoms with van der Waals surface area (Å²) in [6.07, 6.45) is 14.4. The molecule has 3 nitrogen and oxygen atoms in total. The maximum absolute atomic E-state index is 10.3. The molecule has 0 fully saturated rings. The first-order valence-electron chi connectivity index (χ1n) is 8.03. The summed E-state index contributed by atoms with van der Waals surface area (Å²) in [7, 11) is 0. The Hall–Kier alpha value is -0.570. The molecule has 0 radical (unpaired) electrons. The van der Waals surface area contributed by atoms with Crippen LogP contribution in [0, 0.1) is 0 Å². The molecule has 0 unspecified atom stereocenters. The lowest BCUT2D eigenvalue weighted by molar-refractivity contribution is -0.137. The summed E-state index contributed by atoms with van der Waals surface area (Å²) in [4.78, 5) is 10.3. The third kappa shape index (κ3) is 17.4. The van der Waals surface area contributed by atoms with Crippen molar-refractivity contribution in [3.63, 3.8) is 0 Å². The van der Waals surface area contributed by atoms with E-state index in [1.807, 2.05) is 6.92 Å². The molecular formula is C16H32O3. The third-order valence-electron chi connectivity index (χ3n) is 3.51. The third-order valence-corrected chi connectivity index (χ3v) is 3.51. The maximum Gasteiger partial charge on any atom is 0.303 e. The van der Waals surface area contributed by atoms with Gasteiger partial charge >= 0.3 is 5.97 Å². The summed E-state index contributed by atoms with van der Waals surface area (Å²) >= 11 is 0. The SMILES string of the molecule is C[C@H](O)CCCCCCCCCCCCCC(=O)O. The number of hydrogen-bond acceptors (Lipinski definition) is 2. The topological polar surface area (TPSA) is 57.5 Å². The standard InChI is InChI=1S/C16H32O3/c1-15(17)13-11-9-7-5-3-2-4-6-8-10-12-14-16(18)19/h15,17H,2-14H2,1H3,(H,18,19)/t15-/m0/s1. The van der Waals surface area contributed by atoms with Gasteiger partial charge < -0.3 is 10.2 Å². The molecule has 3 heteroatoms. The average molecular weight is 272 g/mol. The molecule has 0 aromatic carbocycles. The van der Waals surface area contributed by atoms with E-state index in [1.165, 1.54) is 51.4 Å². The molecule has 0 saturated heterocycles. The maximum atomic E-state index is 10.3. The van der Waals surface area contributed by atoms with Crippen LogP contribution in [0.5, 0.6) is 0 Å². The number of carboxylic acid groups (broad SMARTS) is 1. The molecule has 0 aromatic rings. The fourth-order valence-corrected chi connectivity index (χ4v) is 2.31. The summed E-state index contributed by atoms with van der Waals surface area (Å²) < 4.78 is 0. The Labute approximate surface area is 118 Å². The zero-order chi connectivity index (χ0) is 14.3. The zero-order valence-corrected chi connectivity index (χ0v) is 12.6. The van der Waals surface area contributed by atoms with Crippen molar-refractivity contribution in [2.24, 2.45) is 0 Å². The number of rotatable bonds is 14. The average Bonchev–Trinajstić information content (AvgIpc) is 2.34. The minimum atomic E-state index is -0.671. The highest BCUT2D eigenvalue weighted by molar-refractivity contribution is 5.66. The van der Waals surface area contributed by atoms with Crippen LogP contribution >= 0.6 is 0 Å². The van der Waals surface area contributed by atoms with Crippen LogP contribution in [0.25, 0.3) is 0 Å². The van der Waals surface area contributed by atoms with Crippen molar-refractivity contribution in [2.45, 2.75) is 96.5 Å². The van der Waals surface area contributed by atoms with Crippen LogP contribution in [0.3, 0.4) is 0 Å². The Balaban J connectivity index is 2.97. The van der Waals surface area contributed by atoms with Gasteiger partial charge in [0.2, 0.25) is 0 Å². The normalized spacial score (nSPS) is 12.5. The fraction of sp³-hybridized carbons (Fsp3) is 0.938. The van der Waals surface area contributed by atoms with Crippen molar-refractivity contribution in [1.82, 2.24) is 0 Å². The van der Waals surface area contributed by atoms with Crippen LogP contribution in [-0.2, 0) is 4.79 Å². The highest BCUT2D eigenvalue weighted by atomic mass is 16.4. The quantitative estimate of drug-likeness (QED) is 0.457. The highest BCUT2D eigenvalue weighted by Crippen LogP contribution is 2.12. The van der Waals surface area contributed by atoms with E-state index < -0.39 is 5.97 Å². The molecule has 19 heavy (non-hydrogen) atoms. The molecule has 0 saturated carbocycles. The number of hydrogen-bond donors (Lipinski definition) is 2. The molecule has 0 heterocycles. The van der Waals surface area contributed by atoms with Crippen molar-refractivity contribution in [2.75, 3.05) is 0 Å². The largest absolute Gasteiger partial charge is 0.481 e. The van der Waals surface area contributed by atoms with Crippen molar-refractivity contribution in [3.8, 4) is 0 Å². The van der Waals surface area contributed by atoms with Gasteiger partial charge in [0, 0.05) is 6.42 Å².